The Balaban J connectivity index is 0.000000158. The Morgan fingerprint density at radius 2 is 0.785 bits per heavy atom. The van der Waals surface area contributed by atoms with E-state index in [9.17, 15) is 32.4 Å². The number of aryl methyl sites for hydroxylation is 3. The Morgan fingerprint density at radius 3 is 1.12 bits per heavy atom. The number of pyridine rings is 3. The van der Waals surface area contributed by atoms with Crippen molar-refractivity contribution in [2.24, 2.45) is 21.1 Å². The van der Waals surface area contributed by atoms with Crippen LogP contribution < -0.4 is 36.6 Å². The number of amides is 9. The van der Waals surface area contributed by atoms with Crippen molar-refractivity contribution in [1.82, 2.24) is 110 Å². The number of urea groups is 4. The highest BCUT2D eigenvalue weighted by atomic mass is 35.5. The molecule has 3 aliphatic heterocycles. The van der Waals surface area contributed by atoms with Crippen LogP contribution in [0.2, 0.25) is 15.1 Å². The molecule has 3 unspecified atom stereocenters. The molecule has 0 spiro atoms. The molecular formula is C96H121Cl3N22O8S. The van der Waals surface area contributed by atoms with E-state index in [1.807, 2.05) is 206 Å². The third kappa shape index (κ3) is 23.1. The first-order chi connectivity index (χ1) is 61.8. The van der Waals surface area contributed by atoms with Gasteiger partial charge in [-0.3, -0.25) is 29.7 Å². The molecule has 4 aliphatic carbocycles. The molecule has 3 aromatic carbocycles. The average Bonchev–Trinajstić information content (AvgIpc) is 1.61. The molecule has 4 fully saturated rings. The van der Waals surface area contributed by atoms with Gasteiger partial charge in [0.25, 0.3) is 0 Å². The molecule has 130 heavy (non-hydrogen) atoms. The summed E-state index contributed by atoms with van der Waals surface area (Å²) in [6.45, 7) is 28.8. The van der Waals surface area contributed by atoms with Crippen LogP contribution in [0.4, 0.5) is 24.0 Å². The first-order valence-corrected chi connectivity index (χ1v) is 47.5. The van der Waals surface area contributed by atoms with Gasteiger partial charge in [-0.25, -0.2) is 52.1 Å². The van der Waals surface area contributed by atoms with E-state index in [1.54, 1.807) is 48.7 Å². The third-order valence-corrected chi connectivity index (χ3v) is 25.4. The van der Waals surface area contributed by atoms with Crippen molar-refractivity contribution >= 4 is 110 Å². The highest BCUT2D eigenvalue weighted by molar-refractivity contribution is 7.88. The number of hydrogen-bond donors (Lipinski definition) is 7. The highest BCUT2D eigenvalue weighted by Crippen LogP contribution is 2.49. The Morgan fingerprint density at radius 1 is 0.446 bits per heavy atom. The predicted octanol–water partition coefficient (Wildman–Crippen LogP) is 15.2. The monoisotopic (exact) mass is 1850 g/mol. The molecule has 34 heteroatoms. The number of ether oxygens (including phenoxy) is 1. The van der Waals surface area contributed by atoms with E-state index in [2.05, 4.69) is 103 Å². The largest absolute Gasteiger partial charge is 0.447 e. The molecule has 30 nitrogen and oxygen atoms in total. The van der Waals surface area contributed by atoms with Crippen LogP contribution in [0, 0.1) is 0 Å². The van der Waals surface area contributed by atoms with Gasteiger partial charge in [0.2, 0.25) is 10.0 Å². The van der Waals surface area contributed by atoms with Crippen LogP contribution in [0.25, 0.3) is 34.9 Å². The summed E-state index contributed by atoms with van der Waals surface area (Å²) in [5.41, 5.74) is 14.9. The van der Waals surface area contributed by atoms with E-state index in [0.29, 0.717) is 99.3 Å². The van der Waals surface area contributed by atoms with Crippen molar-refractivity contribution in [2.75, 3.05) is 84.8 Å². The summed E-state index contributed by atoms with van der Waals surface area (Å²) in [7, 11) is 2.06. The van der Waals surface area contributed by atoms with E-state index in [-0.39, 0.29) is 66.0 Å². The molecule has 3 saturated heterocycles. The second-order valence-electron chi connectivity index (χ2n) is 37.8. The average molecular weight is 1850 g/mol. The molecule has 7 N–H and O–H groups in total. The minimum absolute atomic E-state index is 0.0423. The zero-order valence-corrected chi connectivity index (χ0v) is 79.8. The molecule has 7 aliphatic rings. The molecule has 9 amide bonds. The van der Waals surface area contributed by atoms with Crippen molar-refractivity contribution in [3.05, 3.63) is 246 Å². The maximum absolute atomic E-state index is 13.4. The fourth-order valence-electron chi connectivity index (χ4n) is 18.2. The molecule has 6 atom stereocenters. The van der Waals surface area contributed by atoms with E-state index in [1.165, 1.54) is 19.3 Å². The lowest BCUT2D eigenvalue weighted by Gasteiger charge is -2.40. The molecule has 0 radical (unpaired) electrons. The summed E-state index contributed by atoms with van der Waals surface area (Å²) < 4.78 is 39.2. The second kappa shape index (κ2) is 40.4. The number of carbonyl (C=O) groups excluding carboxylic acids is 5. The van der Waals surface area contributed by atoms with Crippen molar-refractivity contribution in [3.8, 4) is 0 Å². The molecule has 6 aromatic heterocycles. The molecular weight excluding hydrogens is 1730 g/mol. The van der Waals surface area contributed by atoms with Gasteiger partial charge in [0, 0.05) is 156 Å². The fraction of sp³-hybridized carbons (Fsp3) is 0.448. The lowest BCUT2D eigenvalue weighted by molar-refractivity contribution is 0.0512. The van der Waals surface area contributed by atoms with E-state index in [0.717, 1.165) is 114 Å². The standard InChI is InChI=1S/C35H45ClN8O2.C32H40ClN7O3.C29H36ClN7O3S/c1-35(2,3)41-33(45)40-31(29-21-37-22-42(29)4)28-19-23-9-8-14-38-30(23)32(26-13-12-24(36)20-27(26)28)43-15-17-44(18-16-43)34(46)39-25-10-6-5-7-11-25;1-20(2)43-31(42)40-14-12-39(13-15-40)29-23-10-9-22(33)17-24(23)25(16-21-8-7-11-35-27(21)29)28(26-18-34-19-38(26)6)36-30(41)37-32(3,4)5;1-29(2,3)33-28(38)37-13-11-36(12-14-37)27-21-9-8-20(30)16-22(21)23(15-19-7-6-10-32-25(19)27)26(34-41(5,39)40)24-17-31-18-35(24)4/h8-9,12-14,19-22,25,31-32H,5-7,10-11,15-18H2,1-4H3,(H,39,46)(H2,40,41,45);7-11,16-20,28-29H,12-15H2,1-6H3,(H2,36,37,41);6-10,15-18,26-27,34H,11-14H2,1-5H3,(H,33,38)/t31?,32-;28?,29-;26?,27-/m000/s1. The van der Waals surface area contributed by atoms with Crippen LogP contribution >= 0.6 is 34.8 Å². The topological polar surface area (TPSA) is 324 Å². The quantitative estimate of drug-likeness (QED) is 0.0501. The third-order valence-electron chi connectivity index (χ3n) is 24.1. The summed E-state index contributed by atoms with van der Waals surface area (Å²) in [4.78, 5) is 106. The summed E-state index contributed by atoms with van der Waals surface area (Å²) in [6.07, 6.45) is 28.5. The smallest absolute Gasteiger partial charge is 0.410 e. The zero-order valence-electron chi connectivity index (χ0n) is 76.7. The number of nitrogens with one attached hydrogen (secondary N) is 7. The minimum Gasteiger partial charge on any atom is -0.447 e. The maximum Gasteiger partial charge on any atom is 0.410 e. The summed E-state index contributed by atoms with van der Waals surface area (Å²) >= 11 is 19.9. The number of sulfonamides is 1. The maximum atomic E-state index is 13.4. The van der Waals surface area contributed by atoms with Crippen molar-refractivity contribution in [3.63, 3.8) is 0 Å². The SMILES string of the molecule is CC(C)OC(=O)N1CCN([C@H]2c3ccc(Cl)cc3C(C(NC(=O)NC(C)(C)C)c3cncn3C)=Cc3cccnc32)CC1.Cn1cncc1C(NC(=O)NC(C)(C)C)C1=Cc2cccnc2[C@@H](N2CCN(C(=O)NC3CCCCC3)CC2)c2ccc(Cl)cc21.Cn1cncc1C(NS(C)(=O)=O)C1=Cc2cccnc2[C@@H](N2CCN(C(=O)NC(C)(C)C)CC2)c2ccc(Cl)cc21. The fourth-order valence-corrected chi connectivity index (χ4v) is 19.4. The van der Waals surface area contributed by atoms with Crippen LogP contribution in [0.5, 0.6) is 0 Å². The number of nitrogens with zero attached hydrogens (tertiary/aromatic N) is 15. The summed E-state index contributed by atoms with van der Waals surface area (Å²) in [5.74, 6) is 0. The minimum atomic E-state index is -3.61. The summed E-state index contributed by atoms with van der Waals surface area (Å²) in [5, 5.41) is 20.6. The number of imidazole rings is 3. The van der Waals surface area contributed by atoms with Gasteiger partial charge in [-0.2, -0.15) is 0 Å². The van der Waals surface area contributed by atoms with E-state index < -0.39 is 39.2 Å². The normalized spacial score (nSPS) is 18.7. The van der Waals surface area contributed by atoms with Gasteiger partial charge < -0.3 is 65.0 Å². The van der Waals surface area contributed by atoms with Crippen LogP contribution in [0.3, 0.4) is 0 Å². The number of benzene rings is 3. The molecule has 9 heterocycles. The number of fused-ring (bicyclic) bond motifs is 6. The number of hydrogen-bond acceptors (Lipinski definition) is 17. The van der Waals surface area contributed by atoms with Crippen LogP contribution in [0.1, 0.15) is 229 Å². The Bertz CT molecular complexity index is 5820. The number of carbonyl (C=O) groups is 5. The van der Waals surface area contributed by atoms with Crippen molar-refractivity contribution in [1.29, 1.82) is 0 Å². The van der Waals surface area contributed by atoms with Gasteiger partial charge >= 0.3 is 30.2 Å². The van der Waals surface area contributed by atoms with Gasteiger partial charge in [0.1, 0.15) is 0 Å². The summed E-state index contributed by atoms with van der Waals surface area (Å²) in [6, 6.07) is 26.8. The molecule has 1 saturated carbocycles. The van der Waals surface area contributed by atoms with Gasteiger partial charge in [-0.05, 0) is 229 Å². The number of piperazine rings is 3. The predicted molar refractivity (Wildman–Crippen MR) is 510 cm³/mol. The van der Waals surface area contributed by atoms with Crippen molar-refractivity contribution in [2.45, 2.75) is 173 Å². The van der Waals surface area contributed by atoms with Gasteiger partial charge in [0.15, 0.2) is 0 Å². The van der Waals surface area contributed by atoms with Crippen molar-refractivity contribution < 1.29 is 37.1 Å². The van der Waals surface area contributed by atoms with Crippen LogP contribution in [0.15, 0.2) is 147 Å². The van der Waals surface area contributed by atoms with Gasteiger partial charge in [-0.15, -0.1) is 0 Å². The molecule has 690 valence electrons. The number of aromatic nitrogens is 9. The molecule has 9 aromatic rings. The van der Waals surface area contributed by atoms with Gasteiger partial charge in [-0.1, -0.05) is 90.5 Å². The zero-order chi connectivity index (χ0) is 92.8. The number of halogens is 3. The van der Waals surface area contributed by atoms with Gasteiger partial charge in [0.05, 0.1) is 120 Å². The first-order valence-electron chi connectivity index (χ1n) is 44.5. The molecule has 16 rings (SSSR count). The van der Waals surface area contributed by atoms with E-state index >= 15 is 0 Å². The Kier molecular flexibility index (Phi) is 29.5. The van der Waals surface area contributed by atoms with E-state index in [4.69, 9.17) is 54.5 Å². The van der Waals surface area contributed by atoms with Crippen LogP contribution in [-0.2, 0) is 35.9 Å². The first kappa shape index (κ1) is 95.1. The second-order valence-corrected chi connectivity index (χ2v) is 40.9. The Labute approximate surface area is 777 Å². The van der Waals surface area contributed by atoms with Crippen LogP contribution in [-0.4, -0.2) is 225 Å². The lowest BCUT2D eigenvalue weighted by atomic mass is 9.89. The highest BCUT2D eigenvalue weighted by Gasteiger charge is 2.42. The molecule has 0 bridgehead atoms. The lowest BCUT2D eigenvalue weighted by Crippen LogP contribution is -2.55. The Hall–Kier alpha value is -11.0. The number of rotatable bonds is 15.